The average molecular weight is 490 g/mol. The standard InChI is InChI=1S/C23H20ClNO5S2/c1-3-11-30-22-16(5-4-6-18(22)29-2)17-12-20(26)25-21-19(13-31-23(17)21)32(27,28)15-9-7-14(24)8-10-15/h3-10,13,17H,1,11-12H2,2H3,(H,25,26). The van der Waals surface area contributed by atoms with Crippen molar-refractivity contribution in [2.75, 3.05) is 19.0 Å². The van der Waals surface area contributed by atoms with Crippen LogP contribution in [-0.4, -0.2) is 28.0 Å². The van der Waals surface area contributed by atoms with Gasteiger partial charge in [-0.25, -0.2) is 8.42 Å². The Morgan fingerprint density at radius 1 is 1.25 bits per heavy atom. The minimum absolute atomic E-state index is 0.0642. The number of methoxy groups -OCH3 is 1. The van der Waals surface area contributed by atoms with Gasteiger partial charge in [-0.3, -0.25) is 4.79 Å². The molecule has 4 rings (SSSR count). The van der Waals surface area contributed by atoms with Gasteiger partial charge in [0.05, 0.1) is 17.7 Å². The number of hydrogen-bond donors (Lipinski definition) is 1. The Hall–Kier alpha value is -2.81. The van der Waals surface area contributed by atoms with E-state index in [2.05, 4.69) is 11.9 Å². The molecule has 1 aliphatic heterocycles. The summed E-state index contributed by atoms with van der Waals surface area (Å²) in [4.78, 5) is 13.6. The molecule has 1 aliphatic rings. The van der Waals surface area contributed by atoms with Crippen LogP contribution in [0.15, 0.2) is 70.3 Å². The number of halogens is 1. The van der Waals surface area contributed by atoms with Crippen molar-refractivity contribution >= 4 is 44.4 Å². The highest BCUT2D eigenvalue weighted by Crippen LogP contribution is 2.49. The summed E-state index contributed by atoms with van der Waals surface area (Å²) in [6, 6.07) is 11.4. The highest BCUT2D eigenvalue weighted by molar-refractivity contribution is 7.91. The third-order valence-corrected chi connectivity index (χ3v) is 8.41. The van der Waals surface area contributed by atoms with Crippen LogP contribution in [0.25, 0.3) is 0 Å². The number of sulfone groups is 1. The number of nitrogens with one attached hydrogen (secondary N) is 1. The fraction of sp³-hybridized carbons (Fsp3) is 0.174. The fourth-order valence-electron chi connectivity index (χ4n) is 3.66. The molecule has 0 fully saturated rings. The van der Waals surface area contributed by atoms with Crippen LogP contribution in [0, 0.1) is 0 Å². The third kappa shape index (κ3) is 4.01. The van der Waals surface area contributed by atoms with Gasteiger partial charge in [0.15, 0.2) is 11.5 Å². The Balaban J connectivity index is 1.83. The van der Waals surface area contributed by atoms with Crippen molar-refractivity contribution in [3.05, 3.63) is 76.0 Å². The zero-order chi connectivity index (χ0) is 22.9. The number of thiophene rings is 1. The van der Waals surface area contributed by atoms with Gasteiger partial charge in [0.2, 0.25) is 15.7 Å². The van der Waals surface area contributed by atoms with Gasteiger partial charge in [0.1, 0.15) is 11.5 Å². The molecule has 6 nitrogen and oxygen atoms in total. The summed E-state index contributed by atoms with van der Waals surface area (Å²) in [5.74, 6) is 0.386. The number of para-hydroxylation sites is 1. The van der Waals surface area contributed by atoms with E-state index in [1.54, 1.807) is 24.6 Å². The number of carbonyl (C=O) groups excluding carboxylic acids is 1. The van der Waals surface area contributed by atoms with Crippen molar-refractivity contribution in [1.29, 1.82) is 0 Å². The van der Waals surface area contributed by atoms with Crippen LogP contribution in [0.5, 0.6) is 11.5 Å². The zero-order valence-electron chi connectivity index (χ0n) is 17.1. The maximum absolute atomic E-state index is 13.3. The molecule has 1 aromatic heterocycles. The lowest BCUT2D eigenvalue weighted by atomic mass is 9.89. The Bertz CT molecular complexity index is 1280. The number of anilines is 1. The van der Waals surface area contributed by atoms with E-state index in [0.717, 1.165) is 10.4 Å². The summed E-state index contributed by atoms with van der Waals surface area (Å²) < 4.78 is 37.9. The van der Waals surface area contributed by atoms with E-state index in [-0.39, 0.29) is 34.6 Å². The van der Waals surface area contributed by atoms with Crippen LogP contribution < -0.4 is 14.8 Å². The van der Waals surface area contributed by atoms with Gasteiger partial charge in [-0.2, -0.15) is 0 Å². The molecule has 0 saturated heterocycles. The maximum Gasteiger partial charge on any atom is 0.225 e. The monoisotopic (exact) mass is 489 g/mol. The van der Waals surface area contributed by atoms with Gasteiger partial charge in [0.25, 0.3) is 0 Å². The highest BCUT2D eigenvalue weighted by Gasteiger charge is 2.36. The summed E-state index contributed by atoms with van der Waals surface area (Å²) in [7, 11) is -2.31. The van der Waals surface area contributed by atoms with Gasteiger partial charge in [-0.05, 0) is 30.3 Å². The Labute approximate surface area is 195 Å². The molecule has 1 atom stereocenters. The second-order valence-electron chi connectivity index (χ2n) is 7.08. The molecule has 0 aliphatic carbocycles. The molecular weight excluding hydrogens is 470 g/mol. The summed E-state index contributed by atoms with van der Waals surface area (Å²) in [5, 5.41) is 4.77. The lowest BCUT2D eigenvalue weighted by Crippen LogP contribution is -2.24. The topological polar surface area (TPSA) is 81.7 Å². The third-order valence-electron chi connectivity index (χ3n) is 5.12. The molecule has 1 amide bonds. The van der Waals surface area contributed by atoms with Crippen LogP contribution in [0.2, 0.25) is 5.02 Å². The average Bonchev–Trinajstić information content (AvgIpc) is 3.21. The van der Waals surface area contributed by atoms with E-state index in [9.17, 15) is 13.2 Å². The molecule has 32 heavy (non-hydrogen) atoms. The Morgan fingerprint density at radius 3 is 2.69 bits per heavy atom. The Kier molecular flexibility index (Phi) is 6.28. The molecule has 3 aromatic rings. The number of ether oxygens (including phenoxy) is 2. The number of hydrogen-bond acceptors (Lipinski definition) is 6. The first-order valence-corrected chi connectivity index (χ1v) is 12.4. The van der Waals surface area contributed by atoms with Gasteiger partial charge in [0, 0.05) is 33.2 Å². The SMILES string of the molecule is C=CCOc1c(OC)cccc1C1CC(=O)Nc2c(S(=O)(=O)c3ccc(Cl)cc3)csc21. The maximum atomic E-state index is 13.3. The number of rotatable bonds is 7. The van der Waals surface area contributed by atoms with Crippen molar-refractivity contribution in [2.45, 2.75) is 22.1 Å². The molecule has 2 aromatic carbocycles. The number of benzene rings is 2. The van der Waals surface area contributed by atoms with Gasteiger partial charge < -0.3 is 14.8 Å². The smallest absolute Gasteiger partial charge is 0.225 e. The van der Waals surface area contributed by atoms with Gasteiger partial charge in [-0.15, -0.1) is 11.3 Å². The molecule has 0 spiro atoms. The number of amides is 1. The molecule has 9 heteroatoms. The van der Waals surface area contributed by atoms with E-state index < -0.39 is 9.84 Å². The van der Waals surface area contributed by atoms with E-state index in [4.69, 9.17) is 21.1 Å². The predicted octanol–water partition coefficient (Wildman–Crippen LogP) is 5.28. The first-order valence-electron chi connectivity index (χ1n) is 9.69. The molecule has 166 valence electrons. The zero-order valence-corrected chi connectivity index (χ0v) is 19.5. The van der Waals surface area contributed by atoms with Gasteiger partial charge >= 0.3 is 0 Å². The largest absolute Gasteiger partial charge is 0.493 e. The van der Waals surface area contributed by atoms with Crippen molar-refractivity contribution in [1.82, 2.24) is 0 Å². The second-order valence-corrected chi connectivity index (χ2v) is 10.3. The molecular formula is C23H20ClNO5S2. The summed E-state index contributed by atoms with van der Waals surface area (Å²) in [5.41, 5.74) is 1.06. The van der Waals surface area contributed by atoms with E-state index in [1.807, 2.05) is 12.1 Å². The molecule has 2 heterocycles. The van der Waals surface area contributed by atoms with Crippen LogP contribution in [0.3, 0.4) is 0 Å². The Morgan fingerprint density at radius 2 is 2.00 bits per heavy atom. The first-order chi connectivity index (χ1) is 15.4. The second kappa shape index (κ2) is 8.97. The first kappa shape index (κ1) is 22.4. The highest BCUT2D eigenvalue weighted by atomic mass is 35.5. The van der Waals surface area contributed by atoms with Crippen LogP contribution in [-0.2, 0) is 14.6 Å². The fourth-order valence-corrected chi connectivity index (χ4v) is 6.68. The molecule has 1 N–H and O–H groups in total. The van der Waals surface area contributed by atoms with Crippen molar-refractivity contribution in [3.63, 3.8) is 0 Å². The minimum Gasteiger partial charge on any atom is -0.493 e. The molecule has 0 radical (unpaired) electrons. The lowest BCUT2D eigenvalue weighted by molar-refractivity contribution is -0.116. The quantitative estimate of drug-likeness (QED) is 0.456. The van der Waals surface area contributed by atoms with Gasteiger partial charge in [-0.1, -0.05) is 36.4 Å². The molecule has 0 saturated carbocycles. The molecule has 0 bridgehead atoms. The van der Waals surface area contributed by atoms with Crippen LogP contribution in [0.4, 0.5) is 5.69 Å². The van der Waals surface area contributed by atoms with Crippen molar-refractivity contribution < 1.29 is 22.7 Å². The summed E-state index contributed by atoms with van der Waals surface area (Å²) >= 11 is 7.20. The van der Waals surface area contributed by atoms with Crippen molar-refractivity contribution in [2.24, 2.45) is 0 Å². The van der Waals surface area contributed by atoms with Crippen LogP contribution >= 0.6 is 22.9 Å². The summed E-state index contributed by atoms with van der Waals surface area (Å²) in [6.45, 7) is 3.95. The van der Waals surface area contributed by atoms with E-state index in [0.29, 0.717) is 22.2 Å². The number of carbonyl (C=O) groups is 1. The van der Waals surface area contributed by atoms with Crippen molar-refractivity contribution in [3.8, 4) is 11.5 Å². The lowest BCUT2D eigenvalue weighted by Gasteiger charge is -2.26. The van der Waals surface area contributed by atoms with E-state index >= 15 is 0 Å². The van der Waals surface area contributed by atoms with Crippen LogP contribution in [0.1, 0.15) is 22.8 Å². The minimum atomic E-state index is -3.85. The van der Waals surface area contributed by atoms with E-state index in [1.165, 1.54) is 35.6 Å². The predicted molar refractivity (Wildman–Crippen MR) is 125 cm³/mol. The molecule has 1 unspecified atom stereocenters. The normalized spacial score (nSPS) is 15.6. The number of fused-ring (bicyclic) bond motifs is 1. The summed E-state index contributed by atoms with van der Waals surface area (Å²) in [6.07, 6.45) is 1.78.